The molecule has 162 valence electrons. The summed E-state index contributed by atoms with van der Waals surface area (Å²) in [5.41, 5.74) is 3.55. The van der Waals surface area contributed by atoms with Crippen LogP contribution >= 0.6 is 11.8 Å². The number of nitrogens with zero attached hydrogens (tertiary/aromatic N) is 4. The maximum absolute atomic E-state index is 12.4. The van der Waals surface area contributed by atoms with E-state index in [-0.39, 0.29) is 5.91 Å². The first-order valence-electron chi connectivity index (χ1n) is 10.9. The molecule has 2 heterocycles. The number of nitrogens with one attached hydrogen (secondary N) is 1. The van der Waals surface area contributed by atoms with Crippen molar-refractivity contribution < 1.29 is 4.79 Å². The molecule has 4 rings (SSSR count). The van der Waals surface area contributed by atoms with Crippen molar-refractivity contribution in [2.45, 2.75) is 37.8 Å². The Kier molecular flexibility index (Phi) is 7.25. The molecule has 7 heteroatoms. The predicted octanol–water partition coefficient (Wildman–Crippen LogP) is 4.02. The van der Waals surface area contributed by atoms with Crippen molar-refractivity contribution in [2.75, 3.05) is 30.3 Å². The number of aromatic nitrogens is 3. The summed E-state index contributed by atoms with van der Waals surface area (Å²) in [7, 11) is 0. The van der Waals surface area contributed by atoms with Gasteiger partial charge >= 0.3 is 0 Å². The number of carbonyl (C=O) groups is 1. The van der Waals surface area contributed by atoms with E-state index in [0.717, 1.165) is 36.3 Å². The maximum Gasteiger partial charge on any atom is 0.232 e. The van der Waals surface area contributed by atoms with Crippen LogP contribution in [0.25, 0.3) is 5.69 Å². The number of carbonyl (C=O) groups excluding carboxylic acids is 1. The number of hydrogen-bond acceptors (Lipinski definition) is 5. The van der Waals surface area contributed by atoms with Crippen LogP contribution in [0.1, 0.15) is 30.4 Å². The Morgan fingerprint density at radius 1 is 1.00 bits per heavy atom. The van der Waals surface area contributed by atoms with Gasteiger partial charge in [0, 0.05) is 19.6 Å². The molecule has 0 atom stereocenters. The van der Waals surface area contributed by atoms with Crippen molar-refractivity contribution in [3.05, 3.63) is 65.7 Å². The predicted molar refractivity (Wildman–Crippen MR) is 126 cm³/mol. The number of thioether (sulfide) groups is 1. The van der Waals surface area contributed by atoms with E-state index in [4.69, 9.17) is 0 Å². The zero-order valence-electron chi connectivity index (χ0n) is 18.0. The van der Waals surface area contributed by atoms with Crippen molar-refractivity contribution >= 4 is 23.6 Å². The summed E-state index contributed by atoms with van der Waals surface area (Å²) in [5.74, 6) is 1.20. The van der Waals surface area contributed by atoms with Crippen molar-refractivity contribution in [2.24, 2.45) is 0 Å². The van der Waals surface area contributed by atoms with Crippen LogP contribution < -0.4 is 10.2 Å². The fraction of sp³-hybridized carbons (Fsp3) is 0.375. The third-order valence-corrected chi connectivity index (χ3v) is 6.51. The minimum absolute atomic E-state index is 0.0146. The highest BCUT2D eigenvalue weighted by Gasteiger charge is 2.22. The lowest BCUT2D eigenvalue weighted by Crippen LogP contribution is -2.31. The Morgan fingerprint density at radius 3 is 2.52 bits per heavy atom. The number of aryl methyl sites for hydroxylation is 1. The van der Waals surface area contributed by atoms with E-state index in [2.05, 4.69) is 56.2 Å². The van der Waals surface area contributed by atoms with Crippen molar-refractivity contribution in [3.63, 3.8) is 0 Å². The van der Waals surface area contributed by atoms with Gasteiger partial charge in [-0.2, -0.15) is 0 Å². The SMILES string of the molecule is Cc1ccccc1CCNC(=O)CSc1nnc(N2CCCCC2)n1-c1ccccc1. The Labute approximate surface area is 188 Å². The van der Waals surface area contributed by atoms with Gasteiger partial charge in [-0.1, -0.05) is 54.2 Å². The number of hydrogen-bond donors (Lipinski definition) is 1. The molecule has 1 aliphatic heterocycles. The van der Waals surface area contributed by atoms with Crippen LogP contribution in [0.2, 0.25) is 0 Å². The van der Waals surface area contributed by atoms with Crippen LogP contribution in [-0.2, 0) is 11.2 Å². The third kappa shape index (κ3) is 5.47. The Bertz CT molecular complexity index is 998. The number of para-hydroxylation sites is 1. The van der Waals surface area contributed by atoms with Gasteiger partial charge in [0.25, 0.3) is 0 Å². The van der Waals surface area contributed by atoms with Gasteiger partial charge in [0.15, 0.2) is 5.16 Å². The largest absolute Gasteiger partial charge is 0.355 e. The second-order valence-electron chi connectivity index (χ2n) is 7.82. The third-order valence-electron chi connectivity index (χ3n) is 5.58. The molecule has 0 aliphatic carbocycles. The van der Waals surface area contributed by atoms with E-state index in [1.165, 1.54) is 42.2 Å². The first kappa shape index (κ1) is 21.4. The average Bonchev–Trinajstić information content (AvgIpc) is 3.24. The molecule has 31 heavy (non-hydrogen) atoms. The van der Waals surface area contributed by atoms with Crippen LogP contribution in [-0.4, -0.2) is 46.1 Å². The highest BCUT2D eigenvalue weighted by molar-refractivity contribution is 7.99. The summed E-state index contributed by atoms with van der Waals surface area (Å²) < 4.78 is 2.08. The maximum atomic E-state index is 12.4. The van der Waals surface area contributed by atoms with Crippen LogP contribution in [0, 0.1) is 6.92 Å². The van der Waals surface area contributed by atoms with Gasteiger partial charge in [-0.05, 0) is 55.9 Å². The van der Waals surface area contributed by atoms with Gasteiger partial charge in [0.2, 0.25) is 11.9 Å². The van der Waals surface area contributed by atoms with Crippen LogP contribution in [0.5, 0.6) is 0 Å². The topological polar surface area (TPSA) is 63.1 Å². The molecule has 6 nitrogen and oxygen atoms in total. The minimum Gasteiger partial charge on any atom is -0.355 e. The van der Waals surface area contributed by atoms with Gasteiger partial charge in [-0.25, -0.2) is 0 Å². The van der Waals surface area contributed by atoms with Gasteiger partial charge < -0.3 is 10.2 Å². The van der Waals surface area contributed by atoms with Crippen LogP contribution in [0.3, 0.4) is 0 Å². The molecule has 1 amide bonds. The van der Waals surface area contributed by atoms with E-state index >= 15 is 0 Å². The fourth-order valence-electron chi connectivity index (χ4n) is 3.87. The molecule has 3 aromatic rings. The summed E-state index contributed by atoms with van der Waals surface area (Å²) in [5, 5.41) is 12.7. The second-order valence-corrected chi connectivity index (χ2v) is 8.76. The molecule has 0 bridgehead atoms. The first-order valence-corrected chi connectivity index (χ1v) is 11.9. The van der Waals surface area contributed by atoms with Crippen molar-refractivity contribution in [1.29, 1.82) is 0 Å². The van der Waals surface area contributed by atoms with Gasteiger partial charge in [-0.3, -0.25) is 9.36 Å². The monoisotopic (exact) mass is 435 g/mol. The Morgan fingerprint density at radius 2 is 1.74 bits per heavy atom. The van der Waals surface area contributed by atoms with E-state index in [9.17, 15) is 4.79 Å². The summed E-state index contributed by atoms with van der Waals surface area (Å²) in [6.07, 6.45) is 4.45. The molecule has 1 fully saturated rings. The molecule has 1 aliphatic rings. The van der Waals surface area contributed by atoms with Crippen molar-refractivity contribution in [3.8, 4) is 5.69 Å². The van der Waals surface area contributed by atoms with Gasteiger partial charge in [0.1, 0.15) is 0 Å². The Balaban J connectivity index is 1.40. The smallest absolute Gasteiger partial charge is 0.232 e. The Hall–Kier alpha value is -2.80. The molecular formula is C24H29N5OS. The molecule has 1 aromatic heterocycles. The number of amides is 1. The van der Waals surface area contributed by atoms with E-state index < -0.39 is 0 Å². The zero-order chi connectivity index (χ0) is 21.5. The summed E-state index contributed by atoms with van der Waals surface area (Å²) >= 11 is 1.43. The number of benzene rings is 2. The standard InChI is InChI=1S/C24H29N5OS/c1-19-10-6-7-11-20(19)14-15-25-22(30)18-31-24-27-26-23(28-16-8-3-9-17-28)29(24)21-12-4-2-5-13-21/h2,4-7,10-13H,3,8-9,14-18H2,1H3,(H,25,30). The van der Waals surface area contributed by atoms with Crippen LogP contribution in [0.15, 0.2) is 59.8 Å². The quantitative estimate of drug-likeness (QED) is 0.542. The normalized spacial score (nSPS) is 13.9. The highest BCUT2D eigenvalue weighted by atomic mass is 32.2. The molecule has 0 saturated carbocycles. The summed E-state index contributed by atoms with van der Waals surface area (Å²) in [6.45, 7) is 4.72. The summed E-state index contributed by atoms with van der Waals surface area (Å²) in [6, 6.07) is 18.4. The molecule has 0 radical (unpaired) electrons. The second kappa shape index (κ2) is 10.5. The molecule has 1 N–H and O–H groups in total. The fourth-order valence-corrected chi connectivity index (χ4v) is 4.64. The van der Waals surface area contributed by atoms with Gasteiger partial charge in [0.05, 0.1) is 11.4 Å². The zero-order valence-corrected chi connectivity index (χ0v) is 18.8. The van der Waals surface area contributed by atoms with E-state index in [0.29, 0.717) is 12.3 Å². The van der Waals surface area contributed by atoms with Crippen LogP contribution in [0.4, 0.5) is 5.95 Å². The average molecular weight is 436 g/mol. The number of anilines is 1. The molecule has 0 unspecified atom stereocenters. The lowest BCUT2D eigenvalue weighted by molar-refractivity contribution is -0.118. The lowest BCUT2D eigenvalue weighted by atomic mass is 10.1. The van der Waals surface area contributed by atoms with E-state index in [1.54, 1.807) is 0 Å². The number of rotatable bonds is 8. The minimum atomic E-state index is 0.0146. The van der Waals surface area contributed by atoms with E-state index in [1.807, 2.05) is 30.3 Å². The molecule has 2 aromatic carbocycles. The first-order chi connectivity index (χ1) is 15.2. The summed E-state index contributed by atoms with van der Waals surface area (Å²) in [4.78, 5) is 14.7. The number of piperidine rings is 1. The highest BCUT2D eigenvalue weighted by Crippen LogP contribution is 2.28. The van der Waals surface area contributed by atoms with Gasteiger partial charge in [-0.15, -0.1) is 10.2 Å². The molecular weight excluding hydrogens is 406 g/mol. The lowest BCUT2D eigenvalue weighted by Gasteiger charge is -2.27. The molecule has 0 spiro atoms. The molecule has 1 saturated heterocycles. The van der Waals surface area contributed by atoms with Crippen molar-refractivity contribution in [1.82, 2.24) is 20.1 Å².